The van der Waals surface area contributed by atoms with Gasteiger partial charge in [0.05, 0.1) is 25.7 Å². The van der Waals surface area contributed by atoms with Crippen molar-refractivity contribution in [2.75, 3.05) is 13.2 Å². The van der Waals surface area contributed by atoms with Crippen LogP contribution in [0.25, 0.3) is 0 Å². The van der Waals surface area contributed by atoms with Crippen molar-refractivity contribution in [3.63, 3.8) is 0 Å². The van der Waals surface area contributed by atoms with Gasteiger partial charge in [-0.25, -0.2) is 14.1 Å². The van der Waals surface area contributed by atoms with Crippen LogP contribution < -0.4 is 0 Å². The molecule has 1 aliphatic rings. The van der Waals surface area contributed by atoms with Crippen molar-refractivity contribution in [2.45, 2.75) is 38.4 Å². The van der Waals surface area contributed by atoms with Crippen LogP contribution in [0, 0.1) is 5.92 Å². The van der Waals surface area contributed by atoms with E-state index in [9.17, 15) is 9.59 Å². The summed E-state index contributed by atoms with van der Waals surface area (Å²) in [5.41, 5.74) is 2.14. The van der Waals surface area contributed by atoms with Crippen molar-refractivity contribution in [1.29, 1.82) is 0 Å². The van der Waals surface area contributed by atoms with Crippen LogP contribution in [0.4, 0.5) is 4.79 Å². The number of halogens is 1. The lowest BCUT2D eigenvalue weighted by atomic mass is 9.94. The lowest BCUT2D eigenvalue weighted by molar-refractivity contribution is -0.133. The maximum absolute atomic E-state index is 13.5. The fourth-order valence-electron chi connectivity index (χ4n) is 3.59. The maximum Gasteiger partial charge on any atom is 0.466 e. The second-order valence-corrected chi connectivity index (χ2v) is 10.7. The van der Waals surface area contributed by atoms with Crippen LogP contribution in [0.5, 0.6) is 0 Å². The van der Waals surface area contributed by atoms with Gasteiger partial charge in [-0.2, -0.15) is 0 Å². The molecule has 3 rings (SSSR count). The molecule has 158 valence electrons. The smallest absolute Gasteiger partial charge is 0.447 e. The SMILES string of the molecule is C[Si+](C)OCC[C@H](Cc1ccc(Br)cc1)C(=O)N1C(=O)OC[C@@H]1Cc1ccccc1. The van der Waals surface area contributed by atoms with E-state index in [0.29, 0.717) is 25.9 Å². The average molecular weight is 489 g/mol. The first-order valence-electron chi connectivity index (χ1n) is 10.1. The van der Waals surface area contributed by atoms with Gasteiger partial charge in [-0.15, -0.1) is 0 Å². The molecule has 2 aromatic rings. The lowest BCUT2D eigenvalue weighted by Gasteiger charge is -2.25. The zero-order valence-corrected chi connectivity index (χ0v) is 19.9. The van der Waals surface area contributed by atoms with Crippen molar-refractivity contribution in [2.24, 2.45) is 5.92 Å². The molecule has 5 nitrogen and oxygen atoms in total. The molecule has 7 heteroatoms. The van der Waals surface area contributed by atoms with E-state index in [1.165, 1.54) is 4.90 Å². The minimum absolute atomic E-state index is 0.175. The number of hydrogen-bond donors (Lipinski definition) is 0. The molecule has 0 N–H and O–H groups in total. The first-order valence-corrected chi connectivity index (χ1v) is 13.4. The largest absolute Gasteiger partial charge is 0.466 e. The van der Waals surface area contributed by atoms with Crippen LogP contribution in [0.2, 0.25) is 13.1 Å². The number of carbonyl (C=O) groups excluding carboxylic acids is 2. The van der Waals surface area contributed by atoms with Crippen LogP contribution in [-0.4, -0.2) is 45.2 Å². The van der Waals surface area contributed by atoms with Crippen molar-refractivity contribution >= 4 is 37.0 Å². The van der Waals surface area contributed by atoms with E-state index < -0.39 is 15.1 Å². The Kier molecular flexibility index (Phi) is 8.24. The van der Waals surface area contributed by atoms with Crippen molar-refractivity contribution in [3.8, 4) is 0 Å². The first-order chi connectivity index (χ1) is 14.4. The molecule has 2 amide bonds. The highest BCUT2D eigenvalue weighted by Gasteiger charge is 2.40. The molecule has 0 aliphatic carbocycles. The average Bonchev–Trinajstić information content (AvgIpc) is 3.08. The Morgan fingerprint density at radius 1 is 1.17 bits per heavy atom. The molecule has 0 saturated carbocycles. The number of imide groups is 1. The van der Waals surface area contributed by atoms with Gasteiger partial charge in [-0.05, 0) is 42.5 Å². The Bertz CT molecular complexity index is 844. The van der Waals surface area contributed by atoms with Gasteiger partial charge < -0.3 is 4.74 Å². The Hall–Kier alpha value is -1.96. The van der Waals surface area contributed by atoms with Gasteiger partial charge in [0.1, 0.15) is 6.61 Å². The van der Waals surface area contributed by atoms with E-state index in [-0.39, 0.29) is 24.5 Å². The number of amides is 2. The Morgan fingerprint density at radius 3 is 2.53 bits per heavy atom. The molecule has 0 bridgehead atoms. The molecular formula is C23H27BrNO4Si+. The van der Waals surface area contributed by atoms with Crippen LogP contribution >= 0.6 is 15.9 Å². The van der Waals surface area contributed by atoms with Gasteiger partial charge >= 0.3 is 15.1 Å². The minimum Gasteiger partial charge on any atom is -0.447 e. The van der Waals surface area contributed by atoms with Crippen molar-refractivity contribution < 1.29 is 18.8 Å². The molecule has 1 aliphatic heterocycles. The van der Waals surface area contributed by atoms with Gasteiger partial charge in [-0.3, -0.25) is 4.79 Å². The molecule has 1 saturated heterocycles. The summed E-state index contributed by atoms with van der Waals surface area (Å²) in [5.74, 6) is -0.512. The minimum atomic E-state index is -0.836. The van der Waals surface area contributed by atoms with E-state index in [4.69, 9.17) is 9.16 Å². The van der Waals surface area contributed by atoms with Crippen LogP contribution in [0.15, 0.2) is 59.1 Å². The van der Waals surface area contributed by atoms with Crippen LogP contribution in [-0.2, 0) is 26.8 Å². The summed E-state index contributed by atoms with van der Waals surface area (Å²) in [5, 5.41) is 0. The summed E-state index contributed by atoms with van der Waals surface area (Å²) in [7, 11) is -0.836. The lowest BCUT2D eigenvalue weighted by Crippen LogP contribution is -2.44. The number of nitrogens with zero attached hydrogens (tertiary/aromatic N) is 1. The van der Waals surface area contributed by atoms with E-state index in [1.807, 2.05) is 54.6 Å². The number of ether oxygens (including phenoxy) is 1. The normalized spacial score (nSPS) is 17.0. The monoisotopic (exact) mass is 488 g/mol. The van der Waals surface area contributed by atoms with Gasteiger partial charge in [0.2, 0.25) is 5.91 Å². The molecule has 1 fully saturated rings. The van der Waals surface area contributed by atoms with Crippen LogP contribution in [0.1, 0.15) is 17.5 Å². The highest BCUT2D eigenvalue weighted by Crippen LogP contribution is 2.24. The quantitative estimate of drug-likeness (QED) is 0.473. The topological polar surface area (TPSA) is 55.8 Å². The summed E-state index contributed by atoms with van der Waals surface area (Å²) in [4.78, 5) is 27.3. The Labute approximate surface area is 188 Å². The number of rotatable bonds is 9. The number of hydrogen-bond acceptors (Lipinski definition) is 4. The summed E-state index contributed by atoms with van der Waals surface area (Å²) in [6.07, 6.45) is 1.19. The van der Waals surface area contributed by atoms with E-state index in [0.717, 1.165) is 15.6 Å². The van der Waals surface area contributed by atoms with Crippen molar-refractivity contribution in [1.82, 2.24) is 4.90 Å². The summed E-state index contributed by atoms with van der Waals surface area (Å²) < 4.78 is 12.1. The molecule has 0 radical (unpaired) electrons. The van der Waals surface area contributed by atoms with E-state index in [2.05, 4.69) is 29.0 Å². The standard InChI is InChI=1S/C23H27BrNO4Si/c1-30(2)29-13-12-19(14-18-8-10-20(24)11-9-18)22(26)25-21(16-28-23(25)27)15-17-6-4-3-5-7-17/h3-11,19,21H,12-16H2,1-2H3/q+1/t19-,21+/m1/s1. The molecule has 0 unspecified atom stereocenters. The van der Waals surface area contributed by atoms with Gasteiger partial charge in [0.25, 0.3) is 0 Å². The highest BCUT2D eigenvalue weighted by molar-refractivity contribution is 9.10. The molecular weight excluding hydrogens is 462 g/mol. The summed E-state index contributed by atoms with van der Waals surface area (Å²) >= 11 is 3.45. The van der Waals surface area contributed by atoms with Crippen LogP contribution in [0.3, 0.4) is 0 Å². The molecule has 30 heavy (non-hydrogen) atoms. The number of carbonyl (C=O) groups is 2. The van der Waals surface area contributed by atoms with Gasteiger partial charge in [0.15, 0.2) is 0 Å². The predicted molar refractivity (Wildman–Crippen MR) is 122 cm³/mol. The highest BCUT2D eigenvalue weighted by atomic mass is 79.9. The molecule has 2 aromatic carbocycles. The molecule has 2 atom stereocenters. The summed E-state index contributed by atoms with van der Waals surface area (Å²) in [6.45, 7) is 4.90. The summed E-state index contributed by atoms with van der Waals surface area (Å²) in [6, 6.07) is 17.5. The van der Waals surface area contributed by atoms with E-state index >= 15 is 0 Å². The third kappa shape index (κ3) is 6.27. The van der Waals surface area contributed by atoms with E-state index in [1.54, 1.807) is 0 Å². The zero-order chi connectivity index (χ0) is 21.5. The Morgan fingerprint density at radius 2 is 1.87 bits per heavy atom. The predicted octanol–water partition coefficient (Wildman–Crippen LogP) is 4.86. The Balaban J connectivity index is 1.76. The molecule has 0 aromatic heterocycles. The second-order valence-electron chi connectivity index (χ2n) is 7.70. The maximum atomic E-state index is 13.5. The molecule has 0 spiro atoms. The van der Waals surface area contributed by atoms with Gasteiger partial charge in [0, 0.05) is 10.4 Å². The zero-order valence-electron chi connectivity index (χ0n) is 17.3. The first kappa shape index (κ1) is 22.7. The van der Waals surface area contributed by atoms with Crippen molar-refractivity contribution in [3.05, 3.63) is 70.2 Å². The number of benzene rings is 2. The fraction of sp³-hybridized carbons (Fsp3) is 0.391. The fourth-order valence-corrected chi connectivity index (χ4v) is 4.38. The molecule has 1 heterocycles. The van der Waals surface area contributed by atoms with Gasteiger partial charge in [-0.1, -0.05) is 58.4 Å². The number of cyclic esters (lactones) is 1. The third-order valence-corrected chi connectivity index (χ3v) is 6.42. The second kappa shape index (κ2) is 10.9. The third-order valence-electron chi connectivity index (χ3n) is 5.11.